The Morgan fingerprint density at radius 2 is 1.67 bits per heavy atom. The molecule has 49 heavy (non-hydrogen) atoms. The maximum absolute atomic E-state index is 15.7. The Kier molecular flexibility index (Phi) is 8.37. The van der Waals surface area contributed by atoms with Gasteiger partial charge >= 0.3 is 5.97 Å². The van der Waals surface area contributed by atoms with Crippen LogP contribution in [0.3, 0.4) is 0 Å². The predicted molar refractivity (Wildman–Crippen MR) is 178 cm³/mol. The number of carbonyl (C=O) groups is 2. The van der Waals surface area contributed by atoms with E-state index in [2.05, 4.69) is 4.90 Å². The smallest absolute Gasteiger partial charge is 0.337 e. The van der Waals surface area contributed by atoms with Crippen molar-refractivity contribution in [2.24, 2.45) is 0 Å². The quantitative estimate of drug-likeness (QED) is 0.355. The zero-order valence-corrected chi connectivity index (χ0v) is 28.1. The fourth-order valence-corrected chi connectivity index (χ4v) is 8.15. The number of methoxy groups -OCH3 is 1. The lowest BCUT2D eigenvalue weighted by Gasteiger charge is -2.52. The van der Waals surface area contributed by atoms with Crippen LogP contribution in [0.15, 0.2) is 42.5 Å². The minimum Gasteiger partial charge on any atom is -0.478 e. The molecule has 4 saturated heterocycles. The predicted octanol–water partition coefficient (Wildman–Crippen LogP) is 5.44. The van der Waals surface area contributed by atoms with Crippen LogP contribution in [-0.2, 0) is 25.5 Å². The Bertz CT molecular complexity index is 1790. The van der Waals surface area contributed by atoms with Crippen molar-refractivity contribution in [3.8, 4) is 16.9 Å². The Hall–Kier alpha value is -3.65. The van der Waals surface area contributed by atoms with Crippen LogP contribution in [0.25, 0.3) is 11.1 Å². The second kappa shape index (κ2) is 12.6. The van der Waals surface area contributed by atoms with Gasteiger partial charge in [-0.25, -0.2) is 9.18 Å². The first-order chi connectivity index (χ1) is 23.6. The highest BCUT2D eigenvalue weighted by molar-refractivity contribution is 6.40. The molecule has 3 aromatic rings. The monoisotopic (exact) mass is 713 g/mol. The van der Waals surface area contributed by atoms with Gasteiger partial charge in [0.1, 0.15) is 17.7 Å². The lowest BCUT2D eigenvalue weighted by Crippen LogP contribution is -2.68. The van der Waals surface area contributed by atoms with Gasteiger partial charge in [-0.3, -0.25) is 4.79 Å². The van der Waals surface area contributed by atoms with E-state index in [4.69, 9.17) is 46.9 Å². The van der Waals surface area contributed by atoms with E-state index in [0.29, 0.717) is 62.1 Å². The molecule has 2 unspecified atom stereocenters. The van der Waals surface area contributed by atoms with Crippen LogP contribution in [0.2, 0.25) is 10.0 Å². The van der Waals surface area contributed by atoms with Gasteiger partial charge in [-0.1, -0.05) is 41.4 Å². The highest BCUT2D eigenvalue weighted by Crippen LogP contribution is 2.44. The largest absolute Gasteiger partial charge is 0.478 e. The number of carbonyl (C=O) groups excluding carboxylic acids is 1. The van der Waals surface area contributed by atoms with E-state index >= 15 is 4.39 Å². The molecular formula is C35H34Cl2FN3O8. The zero-order chi connectivity index (χ0) is 34.0. The number of nitrogens with zero attached hydrogens (tertiary/aromatic N) is 3. The Morgan fingerprint density at radius 3 is 2.33 bits per heavy atom. The van der Waals surface area contributed by atoms with E-state index in [1.165, 1.54) is 4.90 Å². The third kappa shape index (κ3) is 5.68. The molecule has 5 aliphatic heterocycles. The molecule has 0 aromatic heterocycles. The molecule has 5 heterocycles. The van der Waals surface area contributed by atoms with Gasteiger partial charge in [-0.05, 0) is 37.1 Å². The summed E-state index contributed by atoms with van der Waals surface area (Å²) in [6.45, 7) is 2.88. The maximum atomic E-state index is 15.7. The van der Waals surface area contributed by atoms with Gasteiger partial charge in [0, 0.05) is 29.5 Å². The number of amides is 1. The molecule has 1 spiro atoms. The Balaban J connectivity index is 1.02. The van der Waals surface area contributed by atoms with Gasteiger partial charge in [0.25, 0.3) is 5.91 Å². The fraction of sp³-hybridized carbons (Fsp3) is 0.429. The van der Waals surface area contributed by atoms with Crippen molar-refractivity contribution in [1.29, 1.82) is 0 Å². The average molecular weight is 715 g/mol. The van der Waals surface area contributed by atoms with E-state index < -0.39 is 23.5 Å². The number of hydrogen-bond donors (Lipinski definition) is 1. The number of benzene rings is 3. The molecule has 8 rings (SSSR count). The first kappa shape index (κ1) is 32.5. The van der Waals surface area contributed by atoms with Crippen LogP contribution >= 0.6 is 23.2 Å². The summed E-state index contributed by atoms with van der Waals surface area (Å²) < 4.78 is 44.7. The number of rotatable bonds is 6. The third-order valence-corrected chi connectivity index (χ3v) is 10.7. The molecule has 0 aliphatic carbocycles. The standard InChI is InChI=1S/C35H34Cl2FN3O8/c1-45-23-14-48-35(49-15-23)16-40(17-35)22-7-27(36)31(28(37)8-22)33(42)39-11-19-3-2-4-24(32(19)47-18-39)25-10-30(26(34(43)44)9-29(25)38)41-20-5-6-21(41)13-46-12-20/h2-4,7-10,20-21,23H,5-6,11-18H2,1H3,(H,43,44). The van der Waals surface area contributed by atoms with Crippen molar-refractivity contribution in [2.75, 3.05) is 63.2 Å². The van der Waals surface area contributed by atoms with Gasteiger partial charge in [-0.2, -0.15) is 0 Å². The zero-order valence-electron chi connectivity index (χ0n) is 26.6. The molecule has 0 saturated carbocycles. The van der Waals surface area contributed by atoms with E-state index in [1.807, 2.05) is 4.90 Å². The number of para-hydroxylation sites is 1. The van der Waals surface area contributed by atoms with Crippen molar-refractivity contribution < 1.29 is 42.8 Å². The van der Waals surface area contributed by atoms with Crippen molar-refractivity contribution in [3.63, 3.8) is 0 Å². The van der Waals surface area contributed by atoms with Gasteiger partial charge < -0.3 is 43.5 Å². The van der Waals surface area contributed by atoms with Crippen LogP contribution < -0.4 is 14.5 Å². The highest BCUT2D eigenvalue weighted by atomic mass is 35.5. The molecule has 14 heteroatoms. The second-order valence-corrected chi connectivity index (χ2v) is 13.9. The summed E-state index contributed by atoms with van der Waals surface area (Å²) in [4.78, 5) is 31.6. The summed E-state index contributed by atoms with van der Waals surface area (Å²) in [5.41, 5.74) is 2.61. The fourth-order valence-electron chi connectivity index (χ4n) is 7.51. The molecule has 2 bridgehead atoms. The first-order valence-corrected chi connectivity index (χ1v) is 16.9. The van der Waals surface area contributed by atoms with Crippen molar-refractivity contribution >= 4 is 46.5 Å². The normalized spacial score (nSPS) is 22.9. The SMILES string of the molecule is COC1COC2(CN(c3cc(Cl)c(C(=O)N4COc5c(cccc5-c5cc(N6C7CCC6COC7)c(C(=O)O)cc5F)C4)c(Cl)c3)C2)OC1. The van der Waals surface area contributed by atoms with E-state index in [0.717, 1.165) is 24.6 Å². The molecule has 1 N–H and O–H groups in total. The van der Waals surface area contributed by atoms with Gasteiger partial charge in [0.15, 0.2) is 6.73 Å². The topological polar surface area (TPSA) is 110 Å². The molecule has 2 atom stereocenters. The number of carboxylic acid groups (broad SMARTS) is 1. The Morgan fingerprint density at radius 1 is 0.980 bits per heavy atom. The number of ether oxygens (including phenoxy) is 5. The summed E-state index contributed by atoms with van der Waals surface area (Å²) in [6.07, 6.45) is 1.65. The average Bonchev–Trinajstić information content (AvgIpc) is 3.32. The number of aromatic carboxylic acids is 1. The first-order valence-electron chi connectivity index (χ1n) is 16.2. The van der Waals surface area contributed by atoms with Crippen molar-refractivity contribution in [1.82, 2.24) is 4.90 Å². The van der Waals surface area contributed by atoms with E-state index in [9.17, 15) is 14.7 Å². The number of hydrogen-bond acceptors (Lipinski definition) is 9. The van der Waals surface area contributed by atoms with Crippen LogP contribution in [-0.4, -0.2) is 99.2 Å². The number of fused-ring (bicyclic) bond motifs is 3. The maximum Gasteiger partial charge on any atom is 0.337 e. The number of anilines is 2. The second-order valence-electron chi connectivity index (χ2n) is 13.1. The molecule has 4 fully saturated rings. The summed E-state index contributed by atoms with van der Waals surface area (Å²) in [5.74, 6) is -2.56. The van der Waals surface area contributed by atoms with Crippen molar-refractivity contribution in [2.45, 2.75) is 43.4 Å². The molecule has 11 nitrogen and oxygen atoms in total. The lowest BCUT2D eigenvalue weighted by atomic mass is 9.96. The molecule has 5 aliphatic rings. The number of morpholine rings is 1. The van der Waals surface area contributed by atoms with E-state index in [1.54, 1.807) is 43.5 Å². The lowest BCUT2D eigenvalue weighted by molar-refractivity contribution is -0.303. The van der Waals surface area contributed by atoms with Crippen molar-refractivity contribution in [3.05, 3.63) is 75.0 Å². The highest BCUT2D eigenvalue weighted by Gasteiger charge is 2.49. The molecule has 0 radical (unpaired) electrons. The van der Waals surface area contributed by atoms with Crippen LogP contribution in [0.1, 0.15) is 39.1 Å². The van der Waals surface area contributed by atoms with Gasteiger partial charge in [-0.15, -0.1) is 0 Å². The number of carboxylic acids is 1. The summed E-state index contributed by atoms with van der Waals surface area (Å²) in [6, 6.07) is 11.4. The molecular weight excluding hydrogens is 680 g/mol. The van der Waals surface area contributed by atoms with Gasteiger partial charge in [0.05, 0.1) is 85.0 Å². The molecule has 1 amide bonds. The molecule has 258 valence electrons. The third-order valence-electron chi connectivity index (χ3n) is 10.1. The van der Waals surface area contributed by atoms with E-state index in [-0.39, 0.29) is 58.2 Å². The minimum atomic E-state index is -1.20. The number of halogens is 3. The van der Waals surface area contributed by atoms with Crippen LogP contribution in [0, 0.1) is 5.82 Å². The summed E-state index contributed by atoms with van der Waals surface area (Å²) >= 11 is 13.4. The van der Waals surface area contributed by atoms with Crippen LogP contribution in [0.5, 0.6) is 5.75 Å². The summed E-state index contributed by atoms with van der Waals surface area (Å²) in [7, 11) is 1.62. The minimum absolute atomic E-state index is 0.0232. The van der Waals surface area contributed by atoms with Crippen LogP contribution in [0.4, 0.5) is 15.8 Å². The van der Waals surface area contributed by atoms with Gasteiger partial charge in [0.2, 0.25) is 5.79 Å². The molecule has 3 aromatic carbocycles. The summed E-state index contributed by atoms with van der Waals surface area (Å²) in [5, 5.41) is 10.4. The Labute approximate surface area is 291 Å².